The maximum atomic E-state index is 11.5. The van der Waals surface area contributed by atoms with Gasteiger partial charge >= 0.3 is 5.69 Å². The molecule has 4 rings (SSSR count). The summed E-state index contributed by atoms with van der Waals surface area (Å²) in [5.74, 6) is 0.574. The van der Waals surface area contributed by atoms with Crippen LogP contribution in [0.25, 0.3) is 0 Å². The highest BCUT2D eigenvalue weighted by Gasteiger charge is 2.45. The van der Waals surface area contributed by atoms with Crippen molar-refractivity contribution in [3.05, 3.63) is 51.2 Å². The van der Waals surface area contributed by atoms with Crippen LogP contribution >= 0.6 is 0 Å². The molecule has 2 aromatic rings. The SMILES string of the molecule is Cc1nn(C)c(N2CCOC3(CCc4ccccc43)C2)c1[N+](=O)[O-]. The van der Waals surface area contributed by atoms with Gasteiger partial charge < -0.3 is 9.64 Å². The number of benzene rings is 1. The molecule has 0 radical (unpaired) electrons. The average molecular weight is 328 g/mol. The Balaban J connectivity index is 1.74. The maximum absolute atomic E-state index is 11.5. The fourth-order valence-electron chi connectivity index (χ4n) is 4.14. The van der Waals surface area contributed by atoms with Crippen molar-refractivity contribution < 1.29 is 9.66 Å². The first-order valence-electron chi connectivity index (χ1n) is 8.17. The van der Waals surface area contributed by atoms with Gasteiger partial charge in [-0.3, -0.25) is 10.1 Å². The number of rotatable bonds is 2. The van der Waals surface area contributed by atoms with Gasteiger partial charge in [-0.2, -0.15) is 5.10 Å². The van der Waals surface area contributed by atoms with Crippen LogP contribution in [0.5, 0.6) is 0 Å². The molecular formula is C17H20N4O3. The van der Waals surface area contributed by atoms with Crippen molar-refractivity contribution in [2.75, 3.05) is 24.6 Å². The first-order valence-corrected chi connectivity index (χ1v) is 8.17. The summed E-state index contributed by atoms with van der Waals surface area (Å²) >= 11 is 0. The van der Waals surface area contributed by atoms with E-state index in [1.165, 1.54) is 11.1 Å². The fraction of sp³-hybridized carbons (Fsp3) is 0.471. The molecule has 2 heterocycles. The normalized spacial score (nSPS) is 22.8. The van der Waals surface area contributed by atoms with Crippen LogP contribution in [0.4, 0.5) is 11.5 Å². The van der Waals surface area contributed by atoms with E-state index in [0.717, 1.165) is 12.8 Å². The lowest BCUT2D eigenvalue weighted by atomic mass is 9.93. The lowest BCUT2D eigenvalue weighted by molar-refractivity contribution is -0.384. The van der Waals surface area contributed by atoms with Gasteiger partial charge in [-0.1, -0.05) is 24.3 Å². The maximum Gasteiger partial charge on any atom is 0.333 e. The Labute approximate surface area is 140 Å². The summed E-state index contributed by atoms with van der Waals surface area (Å²) in [6, 6.07) is 8.34. The van der Waals surface area contributed by atoms with E-state index in [1.807, 2.05) is 12.1 Å². The van der Waals surface area contributed by atoms with Crippen molar-refractivity contribution in [1.29, 1.82) is 0 Å². The third kappa shape index (κ3) is 2.11. The molecule has 1 spiro atoms. The van der Waals surface area contributed by atoms with E-state index >= 15 is 0 Å². The first-order chi connectivity index (χ1) is 11.5. The third-order valence-electron chi connectivity index (χ3n) is 5.14. The summed E-state index contributed by atoms with van der Waals surface area (Å²) in [5.41, 5.74) is 2.71. The minimum absolute atomic E-state index is 0.0980. The quantitative estimate of drug-likeness (QED) is 0.625. The molecule has 0 N–H and O–H groups in total. The smallest absolute Gasteiger partial charge is 0.333 e. The largest absolute Gasteiger partial charge is 0.367 e. The Kier molecular flexibility index (Phi) is 3.35. The lowest BCUT2D eigenvalue weighted by Crippen LogP contribution is -2.49. The number of hydrogen-bond acceptors (Lipinski definition) is 5. The summed E-state index contributed by atoms with van der Waals surface area (Å²) in [5, 5.41) is 15.8. The van der Waals surface area contributed by atoms with Crippen molar-refractivity contribution in [2.45, 2.75) is 25.4 Å². The zero-order valence-corrected chi connectivity index (χ0v) is 13.9. The van der Waals surface area contributed by atoms with E-state index in [0.29, 0.717) is 31.2 Å². The van der Waals surface area contributed by atoms with Crippen molar-refractivity contribution in [2.24, 2.45) is 7.05 Å². The Morgan fingerprint density at radius 2 is 2.17 bits per heavy atom. The van der Waals surface area contributed by atoms with Crippen LogP contribution in [-0.2, 0) is 23.8 Å². The minimum Gasteiger partial charge on any atom is -0.367 e. The predicted molar refractivity (Wildman–Crippen MR) is 89.2 cm³/mol. The molecular weight excluding hydrogens is 308 g/mol. The van der Waals surface area contributed by atoms with Crippen LogP contribution in [0.1, 0.15) is 23.2 Å². The van der Waals surface area contributed by atoms with Gasteiger partial charge in [0.25, 0.3) is 0 Å². The zero-order valence-electron chi connectivity index (χ0n) is 13.9. The van der Waals surface area contributed by atoms with Crippen LogP contribution < -0.4 is 4.90 Å². The van der Waals surface area contributed by atoms with Crippen LogP contribution in [0.3, 0.4) is 0 Å². The minimum atomic E-state index is -0.374. The number of anilines is 1. The molecule has 24 heavy (non-hydrogen) atoms. The molecule has 2 aliphatic rings. The predicted octanol–water partition coefficient (Wildman–Crippen LogP) is 2.32. The standard InChI is InChI=1S/C17H20N4O3/c1-12-15(21(22)23)16(19(2)18-12)20-9-10-24-17(11-20)8-7-13-5-3-4-6-14(13)17/h3-6H,7-11H2,1-2H3. The fourth-order valence-corrected chi connectivity index (χ4v) is 4.14. The molecule has 0 bridgehead atoms. The van der Waals surface area contributed by atoms with Crippen LogP contribution in [0.2, 0.25) is 0 Å². The average Bonchev–Trinajstić information content (AvgIpc) is 3.06. The molecule has 126 valence electrons. The van der Waals surface area contributed by atoms with Gasteiger partial charge in [0.2, 0.25) is 5.82 Å². The van der Waals surface area contributed by atoms with Gasteiger partial charge in [-0.15, -0.1) is 0 Å². The van der Waals surface area contributed by atoms with Gasteiger partial charge in [0.05, 0.1) is 18.1 Å². The summed E-state index contributed by atoms with van der Waals surface area (Å²) in [6.45, 7) is 3.48. The number of fused-ring (bicyclic) bond motifs is 2. The zero-order chi connectivity index (χ0) is 16.9. The highest BCUT2D eigenvalue weighted by atomic mass is 16.6. The first kappa shape index (κ1) is 15.1. The summed E-state index contributed by atoms with van der Waals surface area (Å²) in [6.07, 6.45) is 1.89. The van der Waals surface area contributed by atoms with Crippen LogP contribution in [0, 0.1) is 17.0 Å². The van der Waals surface area contributed by atoms with Crippen molar-refractivity contribution in [1.82, 2.24) is 9.78 Å². The number of aromatic nitrogens is 2. The summed E-state index contributed by atoms with van der Waals surface area (Å²) < 4.78 is 7.83. The summed E-state index contributed by atoms with van der Waals surface area (Å²) in [7, 11) is 1.76. The van der Waals surface area contributed by atoms with E-state index < -0.39 is 0 Å². The van der Waals surface area contributed by atoms with Crippen LogP contribution in [0.15, 0.2) is 24.3 Å². The Hall–Kier alpha value is -2.41. The van der Waals surface area contributed by atoms with Crippen molar-refractivity contribution >= 4 is 11.5 Å². The molecule has 7 nitrogen and oxygen atoms in total. The highest BCUT2D eigenvalue weighted by molar-refractivity contribution is 5.62. The van der Waals surface area contributed by atoms with E-state index in [9.17, 15) is 10.1 Å². The van der Waals surface area contributed by atoms with Gasteiger partial charge in [0.15, 0.2) is 0 Å². The molecule has 0 amide bonds. The summed E-state index contributed by atoms with van der Waals surface area (Å²) in [4.78, 5) is 13.2. The lowest BCUT2D eigenvalue weighted by Gasteiger charge is -2.41. The van der Waals surface area contributed by atoms with Gasteiger partial charge in [-0.25, -0.2) is 4.68 Å². The number of aryl methyl sites for hydroxylation is 3. The van der Waals surface area contributed by atoms with Crippen molar-refractivity contribution in [3.63, 3.8) is 0 Å². The topological polar surface area (TPSA) is 73.4 Å². The highest BCUT2D eigenvalue weighted by Crippen LogP contribution is 2.44. The Bertz CT molecular complexity index is 812. The monoisotopic (exact) mass is 328 g/mol. The Morgan fingerprint density at radius 3 is 2.96 bits per heavy atom. The molecule has 1 aromatic carbocycles. The number of nitrogens with zero attached hydrogens (tertiary/aromatic N) is 4. The van der Waals surface area contributed by atoms with E-state index in [2.05, 4.69) is 22.1 Å². The van der Waals surface area contributed by atoms with E-state index in [4.69, 9.17) is 4.74 Å². The molecule has 1 aliphatic heterocycles. The number of nitro groups is 1. The number of hydrogen-bond donors (Lipinski definition) is 0. The molecule has 1 aliphatic carbocycles. The molecule has 1 atom stereocenters. The Morgan fingerprint density at radius 1 is 1.38 bits per heavy atom. The molecule has 1 aromatic heterocycles. The molecule has 0 saturated carbocycles. The number of ether oxygens (including phenoxy) is 1. The number of morpholine rings is 1. The molecule has 1 unspecified atom stereocenters. The van der Waals surface area contributed by atoms with Gasteiger partial charge in [-0.05, 0) is 30.9 Å². The van der Waals surface area contributed by atoms with Crippen LogP contribution in [-0.4, -0.2) is 34.4 Å². The van der Waals surface area contributed by atoms with Crippen molar-refractivity contribution in [3.8, 4) is 0 Å². The third-order valence-corrected chi connectivity index (χ3v) is 5.14. The second-order valence-corrected chi connectivity index (χ2v) is 6.56. The second-order valence-electron chi connectivity index (χ2n) is 6.56. The van der Waals surface area contributed by atoms with E-state index in [-0.39, 0.29) is 16.2 Å². The second kappa shape index (κ2) is 5.31. The molecule has 1 fully saturated rings. The van der Waals surface area contributed by atoms with Gasteiger partial charge in [0.1, 0.15) is 11.3 Å². The van der Waals surface area contributed by atoms with E-state index in [1.54, 1.807) is 18.7 Å². The molecule has 7 heteroatoms. The molecule has 1 saturated heterocycles. The van der Waals surface area contributed by atoms with Gasteiger partial charge in [0, 0.05) is 13.6 Å².